The number of hydrogen-bond donors (Lipinski definition) is 0. The van der Waals surface area contributed by atoms with E-state index in [-0.39, 0.29) is 18.3 Å². The van der Waals surface area contributed by atoms with Gasteiger partial charge in [-0.15, -0.1) is 0 Å². The van der Waals surface area contributed by atoms with E-state index in [0.717, 1.165) is 33.9 Å². The molecule has 0 saturated heterocycles. The van der Waals surface area contributed by atoms with Crippen molar-refractivity contribution < 1.29 is 9.53 Å². The van der Waals surface area contributed by atoms with E-state index in [0.29, 0.717) is 11.3 Å². The van der Waals surface area contributed by atoms with Crippen molar-refractivity contribution in [1.29, 1.82) is 0 Å². The van der Waals surface area contributed by atoms with Gasteiger partial charge >= 0.3 is 0 Å². The van der Waals surface area contributed by atoms with Crippen molar-refractivity contribution in [3.05, 3.63) is 71.9 Å². The lowest BCUT2D eigenvalue weighted by Crippen LogP contribution is -2.07. The highest BCUT2D eigenvalue weighted by Gasteiger charge is 2.12. The van der Waals surface area contributed by atoms with E-state index in [1.807, 2.05) is 68.9 Å². The molecule has 0 aliphatic heterocycles. The minimum Gasteiger partial charge on any atom is -0.491 e. The van der Waals surface area contributed by atoms with E-state index < -0.39 is 0 Å². The van der Waals surface area contributed by atoms with Crippen molar-refractivity contribution in [2.45, 2.75) is 33.3 Å². The van der Waals surface area contributed by atoms with Gasteiger partial charge in [0.15, 0.2) is 5.78 Å². The average Bonchev–Trinajstić information content (AvgIpc) is 3.06. The highest BCUT2D eigenvalue weighted by molar-refractivity contribution is 5.97. The molecule has 6 nitrogen and oxygen atoms in total. The first-order valence-electron chi connectivity index (χ1n) is 9.95. The Hall–Kier alpha value is -3.54. The van der Waals surface area contributed by atoms with Crippen LogP contribution in [0.2, 0.25) is 0 Å². The second kappa shape index (κ2) is 8.06. The van der Waals surface area contributed by atoms with Gasteiger partial charge in [-0.25, -0.2) is 9.97 Å². The van der Waals surface area contributed by atoms with E-state index in [1.54, 1.807) is 18.3 Å². The summed E-state index contributed by atoms with van der Waals surface area (Å²) in [6.45, 7) is 5.90. The standard InChI is InChI=1S/C24H24N4O2/c1-15(2)30-20-8-5-17(6-9-20)24(29)12-19-11-22-18(13-26-19)7-10-21(27-22)23-14-25-16(3)28(23)4/h5-11,13-15H,12H2,1-4H3. The number of Topliss-reactive ketones (excluding diaryl/α,β-unsaturated/α-hetero) is 1. The van der Waals surface area contributed by atoms with Crippen LogP contribution >= 0.6 is 0 Å². The third kappa shape index (κ3) is 4.08. The van der Waals surface area contributed by atoms with Crippen LogP contribution in [-0.2, 0) is 13.5 Å². The highest BCUT2D eigenvalue weighted by Crippen LogP contribution is 2.22. The molecule has 6 heteroatoms. The lowest BCUT2D eigenvalue weighted by Gasteiger charge is -2.10. The number of rotatable bonds is 6. The van der Waals surface area contributed by atoms with Crippen LogP contribution < -0.4 is 4.74 Å². The molecule has 1 aromatic carbocycles. The van der Waals surface area contributed by atoms with Gasteiger partial charge < -0.3 is 9.30 Å². The monoisotopic (exact) mass is 400 g/mol. The molecule has 0 fully saturated rings. The van der Waals surface area contributed by atoms with Crippen molar-refractivity contribution in [1.82, 2.24) is 19.5 Å². The quantitative estimate of drug-likeness (QED) is 0.444. The normalized spacial score (nSPS) is 11.2. The van der Waals surface area contributed by atoms with Gasteiger partial charge in [0.2, 0.25) is 0 Å². The maximum atomic E-state index is 12.7. The third-order valence-electron chi connectivity index (χ3n) is 5.00. The Kier molecular flexibility index (Phi) is 5.31. The first-order valence-corrected chi connectivity index (χ1v) is 9.95. The van der Waals surface area contributed by atoms with Crippen molar-refractivity contribution in [2.75, 3.05) is 0 Å². The van der Waals surface area contributed by atoms with Gasteiger partial charge in [-0.2, -0.15) is 0 Å². The van der Waals surface area contributed by atoms with Crippen LogP contribution in [-0.4, -0.2) is 31.4 Å². The fraction of sp³-hybridized carbons (Fsp3) is 0.250. The lowest BCUT2D eigenvalue weighted by atomic mass is 10.1. The largest absolute Gasteiger partial charge is 0.491 e. The number of carbonyl (C=O) groups excluding carboxylic acids is 1. The molecule has 0 spiro atoms. The van der Waals surface area contributed by atoms with Crippen LogP contribution in [0.15, 0.2) is 54.9 Å². The number of benzene rings is 1. The lowest BCUT2D eigenvalue weighted by molar-refractivity contribution is 0.0992. The molecule has 0 atom stereocenters. The Morgan fingerprint density at radius 1 is 1.07 bits per heavy atom. The van der Waals surface area contributed by atoms with Crippen LogP contribution in [0.25, 0.3) is 22.3 Å². The summed E-state index contributed by atoms with van der Waals surface area (Å²) < 4.78 is 7.64. The summed E-state index contributed by atoms with van der Waals surface area (Å²) in [7, 11) is 1.97. The minimum absolute atomic E-state index is 0.0105. The number of hydrogen-bond acceptors (Lipinski definition) is 5. The number of ether oxygens (including phenoxy) is 1. The minimum atomic E-state index is 0.0105. The topological polar surface area (TPSA) is 69.9 Å². The summed E-state index contributed by atoms with van der Waals surface area (Å²) in [5.41, 5.74) is 3.94. The van der Waals surface area contributed by atoms with Crippen molar-refractivity contribution >= 4 is 16.7 Å². The Bertz CT molecular complexity index is 1210. The van der Waals surface area contributed by atoms with Gasteiger partial charge in [0.25, 0.3) is 0 Å². The molecule has 3 heterocycles. The van der Waals surface area contributed by atoms with Crippen molar-refractivity contribution in [2.24, 2.45) is 7.05 Å². The predicted octanol–water partition coefficient (Wildman–Crippen LogP) is 4.55. The summed E-state index contributed by atoms with van der Waals surface area (Å²) in [6, 6.07) is 13.1. The summed E-state index contributed by atoms with van der Waals surface area (Å²) in [5.74, 6) is 1.70. The molecule has 0 unspecified atom stereocenters. The number of fused-ring (bicyclic) bond motifs is 1. The fourth-order valence-corrected chi connectivity index (χ4v) is 3.30. The molecule has 0 N–H and O–H groups in total. The molecular weight excluding hydrogens is 376 g/mol. The molecule has 0 bridgehead atoms. The Morgan fingerprint density at radius 3 is 2.50 bits per heavy atom. The SMILES string of the molecule is Cc1ncc(-c2ccc3cnc(CC(=O)c4ccc(OC(C)C)cc4)cc3n2)n1C. The van der Waals surface area contributed by atoms with Crippen molar-refractivity contribution in [3.63, 3.8) is 0 Å². The second-order valence-electron chi connectivity index (χ2n) is 7.61. The first-order chi connectivity index (χ1) is 14.4. The van der Waals surface area contributed by atoms with Crippen LogP contribution in [0.1, 0.15) is 35.7 Å². The van der Waals surface area contributed by atoms with Crippen molar-refractivity contribution in [3.8, 4) is 17.1 Å². The van der Waals surface area contributed by atoms with Gasteiger partial charge in [-0.05, 0) is 63.2 Å². The summed E-state index contributed by atoms with van der Waals surface area (Å²) in [6.07, 6.45) is 3.91. The number of carbonyl (C=O) groups is 1. The Morgan fingerprint density at radius 2 is 1.83 bits per heavy atom. The molecule has 0 amide bonds. The van der Waals surface area contributed by atoms with E-state index in [2.05, 4.69) is 9.97 Å². The molecule has 4 aromatic rings. The summed E-state index contributed by atoms with van der Waals surface area (Å²) >= 11 is 0. The van der Waals surface area contributed by atoms with Gasteiger partial charge in [0.05, 0.1) is 41.3 Å². The number of ketones is 1. The number of aryl methyl sites for hydroxylation is 1. The number of pyridine rings is 2. The number of imidazole rings is 1. The zero-order valence-electron chi connectivity index (χ0n) is 17.6. The molecule has 0 saturated carbocycles. The first kappa shape index (κ1) is 19.8. The Balaban J connectivity index is 1.57. The molecule has 0 radical (unpaired) electrons. The van der Waals surface area contributed by atoms with Gasteiger partial charge in [-0.1, -0.05) is 0 Å². The van der Waals surface area contributed by atoms with E-state index in [1.165, 1.54) is 0 Å². The zero-order chi connectivity index (χ0) is 21.3. The highest BCUT2D eigenvalue weighted by atomic mass is 16.5. The van der Waals surface area contributed by atoms with Gasteiger partial charge in [0, 0.05) is 24.2 Å². The van der Waals surface area contributed by atoms with Gasteiger partial charge in [-0.3, -0.25) is 9.78 Å². The van der Waals surface area contributed by atoms with E-state index in [4.69, 9.17) is 9.72 Å². The molecular formula is C24H24N4O2. The number of aromatic nitrogens is 4. The predicted molar refractivity (Wildman–Crippen MR) is 117 cm³/mol. The molecule has 4 rings (SSSR count). The summed E-state index contributed by atoms with van der Waals surface area (Å²) in [5, 5.41) is 0.934. The number of nitrogens with zero attached hydrogens (tertiary/aromatic N) is 4. The van der Waals surface area contributed by atoms with Crippen LogP contribution in [0.5, 0.6) is 5.75 Å². The van der Waals surface area contributed by atoms with Crippen LogP contribution in [0, 0.1) is 6.92 Å². The average molecular weight is 400 g/mol. The molecule has 30 heavy (non-hydrogen) atoms. The molecule has 3 aromatic heterocycles. The molecule has 0 aliphatic rings. The van der Waals surface area contributed by atoms with Crippen LogP contribution in [0.4, 0.5) is 0 Å². The molecule has 152 valence electrons. The van der Waals surface area contributed by atoms with E-state index in [9.17, 15) is 4.79 Å². The third-order valence-corrected chi connectivity index (χ3v) is 5.00. The Labute approximate surface area is 175 Å². The van der Waals surface area contributed by atoms with E-state index >= 15 is 0 Å². The second-order valence-corrected chi connectivity index (χ2v) is 7.61. The fourth-order valence-electron chi connectivity index (χ4n) is 3.30. The van der Waals surface area contributed by atoms with Crippen LogP contribution in [0.3, 0.4) is 0 Å². The smallest absolute Gasteiger partial charge is 0.168 e. The maximum Gasteiger partial charge on any atom is 0.168 e. The maximum absolute atomic E-state index is 12.7. The molecule has 0 aliphatic carbocycles. The summed E-state index contributed by atoms with van der Waals surface area (Å²) in [4.78, 5) is 26.3. The van der Waals surface area contributed by atoms with Gasteiger partial charge in [0.1, 0.15) is 11.6 Å². The zero-order valence-corrected chi connectivity index (χ0v) is 17.6.